The van der Waals surface area contributed by atoms with Crippen molar-refractivity contribution in [2.24, 2.45) is 5.73 Å². The van der Waals surface area contributed by atoms with Crippen LogP contribution in [0.15, 0.2) is 22.7 Å². The lowest BCUT2D eigenvalue weighted by Gasteiger charge is -2.31. The van der Waals surface area contributed by atoms with Crippen LogP contribution in [0.25, 0.3) is 0 Å². The van der Waals surface area contributed by atoms with Crippen molar-refractivity contribution in [3.8, 4) is 0 Å². The summed E-state index contributed by atoms with van der Waals surface area (Å²) in [5.74, 6) is -0.237. The van der Waals surface area contributed by atoms with Gasteiger partial charge in [-0.25, -0.2) is 4.39 Å². The quantitative estimate of drug-likeness (QED) is 0.923. The highest BCUT2D eigenvalue weighted by Gasteiger charge is 2.20. The molecule has 4 heteroatoms. The van der Waals surface area contributed by atoms with E-state index in [0.717, 1.165) is 10.0 Å². The lowest BCUT2D eigenvalue weighted by molar-refractivity contribution is 0.200. The maximum atomic E-state index is 13.0. The van der Waals surface area contributed by atoms with Gasteiger partial charge < -0.3 is 5.73 Å². The molecule has 0 saturated heterocycles. The predicted octanol–water partition coefficient (Wildman–Crippen LogP) is 2.93. The molecule has 90 valence electrons. The van der Waals surface area contributed by atoms with Gasteiger partial charge in [0.15, 0.2) is 0 Å². The first-order chi connectivity index (χ1) is 7.47. The number of halogens is 2. The third-order valence-corrected chi connectivity index (χ3v) is 3.54. The molecule has 0 spiro atoms. The van der Waals surface area contributed by atoms with Crippen molar-refractivity contribution in [1.29, 1.82) is 0 Å². The Balaban J connectivity index is 3.04. The van der Waals surface area contributed by atoms with Gasteiger partial charge in [-0.3, -0.25) is 4.90 Å². The third-order valence-electron chi connectivity index (χ3n) is 2.85. The van der Waals surface area contributed by atoms with Crippen LogP contribution in [0, 0.1) is 5.82 Å². The van der Waals surface area contributed by atoms with Crippen LogP contribution in [0.1, 0.15) is 25.5 Å². The van der Waals surface area contributed by atoms with Crippen molar-refractivity contribution in [3.05, 3.63) is 34.1 Å². The average Bonchev–Trinajstić information content (AvgIpc) is 2.21. The van der Waals surface area contributed by atoms with Crippen molar-refractivity contribution < 1.29 is 4.39 Å². The van der Waals surface area contributed by atoms with Crippen LogP contribution in [0.5, 0.6) is 0 Å². The Morgan fingerprint density at radius 2 is 2.06 bits per heavy atom. The average molecular weight is 289 g/mol. The second kappa shape index (κ2) is 5.75. The minimum Gasteiger partial charge on any atom is -0.329 e. The summed E-state index contributed by atoms with van der Waals surface area (Å²) in [5.41, 5.74) is 6.82. The highest BCUT2D eigenvalue weighted by Crippen LogP contribution is 2.28. The lowest BCUT2D eigenvalue weighted by Crippen LogP contribution is -2.35. The maximum absolute atomic E-state index is 13.0. The van der Waals surface area contributed by atoms with E-state index >= 15 is 0 Å². The van der Waals surface area contributed by atoms with Gasteiger partial charge in [0.1, 0.15) is 5.82 Å². The first-order valence-electron chi connectivity index (χ1n) is 5.34. The summed E-state index contributed by atoms with van der Waals surface area (Å²) in [4.78, 5) is 2.18. The largest absolute Gasteiger partial charge is 0.329 e. The molecule has 0 aliphatic carbocycles. The topological polar surface area (TPSA) is 29.3 Å². The molecular formula is C12H18BrFN2. The van der Waals surface area contributed by atoms with Crippen LogP contribution < -0.4 is 5.73 Å². The Kier molecular flexibility index (Phi) is 4.89. The van der Waals surface area contributed by atoms with Gasteiger partial charge in [0, 0.05) is 23.1 Å². The van der Waals surface area contributed by atoms with Gasteiger partial charge in [-0.05, 0) is 38.6 Å². The lowest BCUT2D eigenvalue weighted by atomic mass is 10.0. The molecule has 2 nitrogen and oxygen atoms in total. The zero-order chi connectivity index (χ0) is 12.3. The number of rotatable bonds is 4. The molecule has 0 aliphatic heterocycles. The van der Waals surface area contributed by atoms with E-state index in [1.807, 2.05) is 7.05 Å². The molecule has 0 bridgehead atoms. The van der Waals surface area contributed by atoms with Gasteiger partial charge in [0.05, 0.1) is 0 Å². The molecule has 0 saturated carbocycles. The summed E-state index contributed by atoms with van der Waals surface area (Å²) < 4.78 is 13.8. The number of hydrogen-bond acceptors (Lipinski definition) is 2. The fraction of sp³-hybridized carbons (Fsp3) is 0.500. The van der Waals surface area contributed by atoms with E-state index in [1.54, 1.807) is 6.07 Å². The van der Waals surface area contributed by atoms with E-state index in [4.69, 9.17) is 5.73 Å². The Hall–Kier alpha value is -0.450. The number of benzene rings is 1. The molecule has 1 aromatic rings. The van der Waals surface area contributed by atoms with Gasteiger partial charge in [0.25, 0.3) is 0 Å². The number of hydrogen-bond donors (Lipinski definition) is 1. The van der Waals surface area contributed by atoms with Crippen LogP contribution in [0.4, 0.5) is 4.39 Å². The van der Waals surface area contributed by atoms with E-state index in [2.05, 4.69) is 34.7 Å². The Morgan fingerprint density at radius 1 is 1.44 bits per heavy atom. The maximum Gasteiger partial charge on any atom is 0.124 e. The number of nitrogens with zero attached hydrogens (tertiary/aromatic N) is 1. The standard InChI is InChI=1S/C12H18BrFN2/c1-8(2)16(3)12(7-15)10-5-4-9(14)6-11(10)13/h4-6,8,12H,7,15H2,1-3H3. The smallest absolute Gasteiger partial charge is 0.124 e. The van der Waals surface area contributed by atoms with E-state index in [1.165, 1.54) is 12.1 Å². The Morgan fingerprint density at radius 3 is 2.50 bits per heavy atom. The summed E-state index contributed by atoms with van der Waals surface area (Å²) in [5, 5.41) is 0. The molecule has 2 N–H and O–H groups in total. The highest BCUT2D eigenvalue weighted by molar-refractivity contribution is 9.10. The van der Waals surface area contributed by atoms with Gasteiger partial charge in [0.2, 0.25) is 0 Å². The van der Waals surface area contributed by atoms with Crippen molar-refractivity contribution in [2.45, 2.75) is 25.9 Å². The van der Waals surface area contributed by atoms with E-state index in [0.29, 0.717) is 12.6 Å². The fourth-order valence-electron chi connectivity index (χ4n) is 1.64. The summed E-state index contributed by atoms with van der Waals surface area (Å²) in [6.45, 7) is 4.74. The van der Waals surface area contributed by atoms with Crippen molar-refractivity contribution in [1.82, 2.24) is 4.90 Å². The van der Waals surface area contributed by atoms with Crippen LogP contribution >= 0.6 is 15.9 Å². The molecule has 0 aromatic heterocycles. The molecule has 0 fully saturated rings. The Bertz CT molecular complexity index is 355. The molecule has 16 heavy (non-hydrogen) atoms. The Labute approximate surface area is 105 Å². The second-order valence-electron chi connectivity index (χ2n) is 4.18. The summed E-state index contributed by atoms with van der Waals surface area (Å²) in [6.07, 6.45) is 0. The van der Waals surface area contributed by atoms with Gasteiger partial charge in [-0.15, -0.1) is 0 Å². The minimum absolute atomic E-state index is 0.106. The summed E-state index contributed by atoms with van der Waals surface area (Å²) in [7, 11) is 2.03. The van der Waals surface area contributed by atoms with E-state index < -0.39 is 0 Å². The van der Waals surface area contributed by atoms with Gasteiger partial charge in [-0.1, -0.05) is 22.0 Å². The van der Waals surface area contributed by atoms with Crippen LogP contribution in [-0.2, 0) is 0 Å². The van der Waals surface area contributed by atoms with Crippen LogP contribution in [0.3, 0.4) is 0 Å². The van der Waals surface area contributed by atoms with Crippen molar-refractivity contribution in [3.63, 3.8) is 0 Å². The van der Waals surface area contributed by atoms with Crippen LogP contribution in [0.2, 0.25) is 0 Å². The summed E-state index contributed by atoms with van der Waals surface area (Å²) >= 11 is 3.38. The second-order valence-corrected chi connectivity index (χ2v) is 5.03. The zero-order valence-electron chi connectivity index (χ0n) is 9.87. The fourth-order valence-corrected chi connectivity index (χ4v) is 2.26. The minimum atomic E-state index is -0.237. The van der Waals surface area contributed by atoms with Gasteiger partial charge >= 0.3 is 0 Å². The monoisotopic (exact) mass is 288 g/mol. The SMILES string of the molecule is CC(C)N(C)C(CN)c1ccc(F)cc1Br. The molecule has 1 aromatic carbocycles. The zero-order valence-corrected chi connectivity index (χ0v) is 11.5. The predicted molar refractivity (Wildman–Crippen MR) is 68.8 cm³/mol. The van der Waals surface area contributed by atoms with Crippen molar-refractivity contribution in [2.75, 3.05) is 13.6 Å². The van der Waals surface area contributed by atoms with E-state index in [9.17, 15) is 4.39 Å². The first-order valence-corrected chi connectivity index (χ1v) is 6.13. The van der Waals surface area contributed by atoms with Crippen LogP contribution in [-0.4, -0.2) is 24.5 Å². The number of likely N-dealkylation sites (N-methyl/N-ethyl adjacent to an activating group) is 1. The molecule has 0 amide bonds. The molecular weight excluding hydrogens is 271 g/mol. The molecule has 0 aliphatic rings. The molecule has 1 unspecified atom stereocenters. The highest BCUT2D eigenvalue weighted by atomic mass is 79.9. The molecule has 1 rings (SSSR count). The molecule has 1 atom stereocenters. The molecule has 0 heterocycles. The molecule has 0 radical (unpaired) electrons. The first kappa shape index (κ1) is 13.6. The normalized spacial score (nSPS) is 13.5. The van der Waals surface area contributed by atoms with E-state index in [-0.39, 0.29) is 11.9 Å². The van der Waals surface area contributed by atoms with Gasteiger partial charge in [-0.2, -0.15) is 0 Å². The van der Waals surface area contributed by atoms with Crippen molar-refractivity contribution >= 4 is 15.9 Å². The number of nitrogens with two attached hydrogens (primary N) is 1. The summed E-state index contributed by atoms with van der Waals surface area (Å²) in [6, 6.07) is 5.24. The third kappa shape index (κ3) is 3.03.